The number of hydrogen-bond acceptors (Lipinski definition) is 9. The van der Waals surface area contributed by atoms with E-state index in [4.69, 9.17) is 9.47 Å². The zero-order chi connectivity index (χ0) is 30.7. The van der Waals surface area contributed by atoms with Gasteiger partial charge in [-0.2, -0.15) is 0 Å². The summed E-state index contributed by atoms with van der Waals surface area (Å²) >= 11 is 0. The van der Waals surface area contributed by atoms with Gasteiger partial charge in [0, 0.05) is 54.4 Å². The third-order valence-corrected chi connectivity index (χ3v) is 8.27. The predicted molar refractivity (Wildman–Crippen MR) is 153 cm³/mol. The first-order valence-corrected chi connectivity index (χ1v) is 13.7. The van der Waals surface area contributed by atoms with Gasteiger partial charge in [-0.15, -0.1) is 0 Å². The van der Waals surface area contributed by atoms with Crippen LogP contribution in [0.1, 0.15) is 64.9 Å². The highest BCUT2D eigenvalue weighted by atomic mass is 16.6. The zero-order valence-corrected chi connectivity index (χ0v) is 24.5. The van der Waals surface area contributed by atoms with Gasteiger partial charge in [0.15, 0.2) is 23.1 Å². The topological polar surface area (TPSA) is 142 Å². The minimum atomic E-state index is -0.754. The van der Waals surface area contributed by atoms with Crippen molar-refractivity contribution in [3.05, 3.63) is 84.7 Å². The summed E-state index contributed by atoms with van der Waals surface area (Å²) in [6.45, 7) is 8.29. The van der Waals surface area contributed by atoms with E-state index < -0.39 is 27.1 Å². The molecule has 0 saturated carbocycles. The maximum atomic E-state index is 13.7. The van der Waals surface area contributed by atoms with E-state index in [-0.39, 0.29) is 39.6 Å². The minimum absolute atomic E-state index is 0.00285. The molecule has 1 heterocycles. The van der Waals surface area contributed by atoms with Crippen LogP contribution in [-0.4, -0.2) is 40.5 Å². The molecule has 0 unspecified atom stereocenters. The molecule has 2 aromatic rings. The summed E-state index contributed by atoms with van der Waals surface area (Å²) in [6.07, 6.45) is 2.10. The van der Waals surface area contributed by atoms with Gasteiger partial charge in [-0.3, -0.25) is 29.8 Å². The summed E-state index contributed by atoms with van der Waals surface area (Å²) in [5.74, 6) is -0.404. The number of Topliss-reactive ketones (excluding diaryl/α,β-unsaturated/α-hetero) is 2. The zero-order valence-electron chi connectivity index (χ0n) is 24.5. The second-order valence-electron chi connectivity index (χ2n) is 12.8. The average molecular weight is 576 g/mol. The molecule has 42 heavy (non-hydrogen) atoms. The van der Waals surface area contributed by atoms with Gasteiger partial charge in [0.25, 0.3) is 5.69 Å². The summed E-state index contributed by atoms with van der Waals surface area (Å²) in [5, 5.41) is 22.8. The van der Waals surface area contributed by atoms with Crippen molar-refractivity contribution in [2.45, 2.75) is 59.3 Å². The lowest BCUT2D eigenvalue weighted by molar-refractivity contribution is -0.394. The van der Waals surface area contributed by atoms with E-state index in [1.807, 2.05) is 7.05 Å². The highest BCUT2D eigenvalue weighted by Gasteiger charge is 2.48. The van der Waals surface area contributed by atoms with E-state index in [1.54, 1.807) is 18.2 Å². The summed E-state index contributed by atoms with van der Waals surface area (Å²) in [6, 6.07) is 8.13. The molecule has 1 aliphatic heterocycles. The SMILES string of the molecule is COc1cc(C2C3=C(CC(C)(C)CC3=O)N(C)C3=C2C(=O)CC(C)(C)C3)ccc1Oc1ccc([N+](=O)[O-])cc1[N+](=O)[O-]. The molecule has 0 saturated heterocycles. The van der Waals surface area contributed by atoms with Crippen molar-refractivity contribution in [1.29, 1.82) is 0 Å². The Morgan fingerprint density at radius 2 is 1.33 bits per heavy atom. The molecule has 2 aliphatic carbocycles. The third-order valence-electron chi connectivity index (χ3n) is 8.27. The van der Waals surface area contributed by atoms with Gasteiger partial charge in [0.05, 0.1) is 23.0 Å². The minimum Gasteiger partial charge on any atom is -0.493 e. The highest BCUT2D eigenvalue weighted by molar-refractivity contribution is 6.06. The number of ketones is 2. The number of nitro benzene ring substituents is 2. The van der Waals surface area contributed by atoms with Crippen molar-refractivity contribution in [1.82, 2.24) is 4.90 Å². The van der Waals surface area contributed by atoms with Crippen molar-refractivity contribution in [2.75, 3.05) is 14.2 Å². The first-order chi connectivity index (χ1) is 19.6. The molecule has 0 fully saturated rings. The van der Waals surface area contributed by atoms with Crippen molar-refractivity contribution in [3.8, 4) is 17.2 Å². The highest BCUT2D eigenvalue weighted by Crippen LogP contribution is 2.54. The second kappa shape index (κ2) is 10.1. The van der Waals surface area contributed by atoms with Crippen LogP contribution >= 0.6 is 0 Å². The molecule has 0 bridgehead atoms. The van der Waals surface area contributed by atoms with Crippen LogP contribution in [-0.2, 0) is 9.59 Å². The molecule has 11 nitrogen and oxygen atoms in total. The van der Waals surface area contributed by atoms with E-state index in [0.29, 0.717) is 42.4 Å². The van der Waals surface area contributed by atoms with Crippen LogP contribution in [0.15, 0.2) is 58.9 Å². The van der Waals surface area contributed by atoms with Crippen LogP contribution in [0.5, 0.6) is 17.2 Å². The molecule has 11 heteroatoms. The number of carbonyl (C=O) groups excluding carboxylic acids is 2. The molecule has 0 aromatic heterocycles. The molecule has 2 aromatic carbocycles. The number of methoxy groups -OCH3 is 1. The van der Waals surface area contributed by atoms with Crippen molar-refractivity contribution in [3.63, 3.8) is 0 Å². The van der Waals surface area contributed by atoms with Crippen LogP contribution in [0.2, 0.25) is 0 Å². The lowest BCUT2D eigenvalue weighted by Gasteiger charge is -2.47. The predicted octanol–water partition coefficient (Wildman–Crippen LogP) is 6.62. The lowest BCUT2D eigenvalue weighted by atomic mass is 9.64. The molecule has 0 atom stereocenters. The summed E-state index contributed by atoms with van der Waals surface area (Å²) < 4.78 is 11.5. The van der Waals surface area contributed by atoms with Crippen LogP contribution in [0, 0.1) is 31.1 Å². The Labute approximate surface area is 243 Å². The monoisotopic (exact) mass is 575 g/mol. The Balaban J connectivity index is 1.63. The first-order valence-electron chi connectivity index (χ1n) is 13.7. The van der Waals surface area contributed by atoms with Crippen molar-refractivity contribution >= 4 is 22.9 Å². The average Bonchev–Trinajstić information content (AvgIpc) is 2.89. The van der Waals surface area contributed by atoms with Crippen LogP contribution in [0.4, 0.5) is 11.4 Å². The Morgan fingerprint density at radius 3 is 1.83 bits per heavy atom. The third kappa shape index (κ3) is 5.03. The van der Waals surface area contributed by atoms with E-state index >= 15 is 0 Å². The van der Waals surface area contributed by atoms with Gasteiger partial charge in [-0.05, 0) is 47.4 Å². The van der Waals surface area contributed by atoms with E-state index in [9.17, 15) is 29.8 Å². The largest absolute Gasteiger partial charge is 0.493 e. The quantitative estimate of drug-likeness (QED) is 0.274. The fraction of sp³-hybridized carbons (Fsp3) is 0.419. The molecule has 0 radical (unpaired) electrons. The van der Waals surface area contributed by atoms with Gasteiger partial charge < -0.3 is 14.4 Å². The molecule has 0 N–H and O–H groups in total. The Kier molecular flexibility index (Phi) is 6.95. The molecular formula is C31H33N3O8. The van der Waals surface area contributed by atoms with E-state index in [0.717, 1.165) is 23.5 Å². The summed E-state index contributed by atoms with van der Waals surface area (Å²) in [5.41, 5.74) is 2.29. The normalized spacial score (nSPS) is 19.8. The Morgan fingerprint density at radius 1 is 0.786 bits per heavy atom. The second-order valence-corrected chi connectivity index (χ2v) is 12.8. The fourth-order valence-corrected chi connectivity index (χ4v) is 6.41. The number of ether oxygens (including phenoxy) is 2. The molecule has 0 amide bonds. The first kappa shape index (κ1) is 29.0. The molecule has 3 aliphatic rings. The van der Waals surface area contributed by atoms with Crippen molar-refractivity contribution < 1.29 is 28.9 Å². The number of non-ortho nitro benzene ring substituents is 1. The lowest BCUT2D eigenvalue weighted by Crippen LogP contribution is -2.43. The van der Waals surface area contributed by atoms with Gasteiger partial charge in [-0.25, -0.2) is 0 Å². The molecule has 0 spiro atoms. The van der Waals surface area contributed by atoms with Crippen LogP contribution < -0.4 is 9.47 Å². The maximum Gasteiger partial charge on any atom is 0.318 e. The van der Waals surface area contributed by atoms with E-state index in [2.05, 4.69) is 32.6 Å². The molecule has 220 valence electrons. The number of benzene rings is 2. The Hall–Kier alpha value is -4.54. The number of nitrogens with zero attached hydrogens (tertiary/aromatic N) is 3. The van der Waals surface area contributed by atoms with Gasteiger partial charge in [-0.1, -0.05) is 33.8 Å². The number of hydrogen-bond donors (Lipinski definition) is 0. The maximum absolute atomic E-state index is 13.7. The molecular weight excluding hydrogens is 542 g/mol. The fourth-order valence-electron chi connectivity index (χ4n) is 6.41. The van der Waals surface area contributed by atoms with Crippen molar-refractivity contribution in [2.24, 2.45) is 10.8 Å². The number of carbonyl (C=O) groups is 2. The van der Waals surface area contributed by atoms with Gasteiger partial charge in [0.1, 0.15) is 0 Å². The van der Waals surface area contributed by atoms with Crippen LogP contribution in [0.25, 0.3) is 0 Å². The smallest absolute Gasteiger partial charge is 0.318 e. The van der Waals surface area contributed by atoms with Gasteiger partial charge >= 0.3 is 5.69 Å². The number of rotatable bonds is 6. The van der Waals surface area contributed by atoms with Gasteiger partial charge in [0.2, 0.25) is 5.75 Å². The molecule has 5 rings (SSSR count). The number of nitro groups is 2. The number of allylic oxidation sites excluding steroid dienone is 4. The Bertz CT molecular complexity index is 1560. The standard InChI is InChI=1S/C31H33N3O8/c1-30(2)13-20-28(22(35)15-30)27(29-21(32(20)5)14-31(3,4)16-23(29)36)17-7-9-25(26(11-17)41-6)42-24-10-8-18(33(37)38)12-19(24)34(39)40/h7-12,27H,13-16H2,1-6H3. The summed E-state index contributed by atoms with van der Waals surface area (Å²) in [4.78, 5) is 50.8. The van der Waals surface area contributed by atoms with E-state index in [1.165, 1.54) is 13.2 Å². The summed E-state index contributed by atoms with van der Waals surface area (Å²) in [7, 11) is 3.36. The van der Waals surface area contributed by atoms with Crippen LogP contribution in [0.3, 0.4) is 0 Å².